The third kappa shape index (κ3) is 25.2. The summed E-state index contributed by atoms with van der Waals surface area (Å²) in [5.41, 5.74) is 0. The van der Waals surface area contributed by atoms with Gasteiger partial charge in [0.25, 0.3) is 0 Å². The molecule has 15 heteroatoms. The van der Waals surface area contributed by atoms with Crippen LogP contribution < -0.4 is 0 Å². The van der Waals surface area contributed by atoms with Gasteiger partial charge in [-0.1, -0.05) is 173 Å². The van der Waals surface area contributed by atoms with E-state index < -0.39 is 99.3 Å². The minimum Gasteiger partial charge on any atom is -0.462 e. The van der Waals surface area contributed by atoms with Crippen LogP contribution in [0.15, 0.2) is 24.3 Å². The first-order valence-corrected chi connectivity index (χ1v) is 25.0. The lowest BCUT2D eigenvalue weighted by atomic mass is 9.98. The molecule has 0 spiro atoms. The average molecular weight is 917 g/mol. The first kappa shape index (κ1) is 58.1. The van der Waals surface area contributed by atoms with E-state index in [9.17, 15) is 45.3 Å². The highest BCUT2D eigenvalue weighted by atomic mass is 16.7. The lowest BCUT2D eigenvalue weighted by Crippen LogP contribution is -2.61. The molecule has 7 N–H and O–H groups in total. The maximum atomic E-state index is 12.9. The molecule has 0 aromatic heterocycles. The zero-order valence-electron chi connectivity index (χ0n) is 39.3. The van der Waals surface area contributed by atoms with Crippen LogP contribution in [0.3, 0.4) is 0 Å². The van der Waals surface area contributed by atoms with Gasteiger partial charge in [0.1, 0.15) is 55.4 Å². The second-order valence-corrected chi connectivity index (χ2v) is 17.7. The Kier molecular flexibility index (Phi) is 33.6. The van der Waals surface area contributed by atoms with Crippen molar-refractivity contribution < 1.29 is 73.8 Å². The zero-order valence-corrected chi connectivity index (χ0v) is 39.3. The molecule has 0 aliphatic carbocycles. The summed E-state index contributed by atoms with van der Waals surface area (Å²) in [5, 5.41) is 71.9. The minimum absolute atomic E-state index is 0.202. The fraction of sp³-hybridized carbons (Fsp3) is 0.878. The van der Waals surface area contributed by atoms with Crippen molar-refractivity contribution in [1.82, 2.24) is 0 Å². The van der Waals surface area contributed by atoms with E-state index in [0.29, 0.717) is 6.42 Å². The van der Waals surface area contributed by atoms with Crippen molar-refractivity contribution in [2.45, 2.75) is 248 Å². The number of hydrogen-bond acceptors (Lipinski definition) is 15. The molecule has 374 valence electrons. The third-order valence-corrected chi connectivity index (χ3v) is 12.0. The summed E-state index contributed by atoms with van der Waals surface area (Å²) in [5.74, 6) is -1.17. The first-order valence-electron chi connectivity index (χ1n) is 25.0. The van der Waals surface area contributed by atoms with Gasteiger partial charge in [0.05, 0.1) is 19.8 Å². The summed E-state index contributed by atoms with van der Waals surface area (Å²) in [4.78, 5) is 25.6. The second-order valence-electron chi connectivity index (χ2n) is 17.7. The fourth-order valence-electron chi connectivity index (χ4n) is 7.89. The van der Waals surface area contributed by atoms with Crippen LogP contribution in [0, 0.1) is 0 Å². The number of allylic oxidation sites excluding steroid dienone is 3. The molecule has 2 fully saturated rings. The molecule has 0 saturated carbocycles. The maximum Gasteiger partial charge on any atom is 0.331 e. The SMILES string of the molecule is CCCCCCCCCCCCC/C=C/C=C/C(=O)O[C@H](COC(=O)CCCCCCCCCCCCCCC)CO[C@@H]1O[C@H](CO[C@@H]2O[C@H](CO)[C@H](O)C(O)C2O)[C@H](O)C(O)C1O. The Labute approximate surface area is 383 Å². The molecule has 2 aliphatic rings. The Morgan fingerprint density at radius 2 is 0.984 bits per heavy atom. The molecule has 2 rings (SSSR count). The normalized spacial score (nSPS) is 26.8. The molecular weight excluding hydrogens is 829 g/mol. The molecule has 0 aromatic carbocycles. The van der Waals surface area contributed by atoms with Crippen LogP contribution in [0.25, 0.3) is 0 Å². The highest BCUT2D eigenvalue weighted by Gasteiger charge is 2.47. The lowest BCUT2D eigenvalue weighted by Gasteiger charge is -2.42. The highest BCUT2D eigenvalue weighted by molar-refractivity contribution is 5.82. The molecule has 0 bridgehead atoms. The number of unbranched alkanes of at least 4 members (excludes halogenated alkanes) is 23. The Morgan fingerprint density at radius 1 is 0.531 bits per heavy atom. The van der Waals surface area contributed by atoms with E-state index in [4.69, 9.17) is 28.4 Å². The molecule has 4 unspecified atom stereocenters. The number of hydrogen-bond donors (Lipinski definition) is 7. The number of aliphatic hydroxyl groups is 7. The predicted molar refractivity (Wildman–Crippen MR) is 243 cm³/mol. The third-order valence-electron chi connectivity index (χ3n) is 12.0. The first-order chi connectivity index (χ1) is 31.0. The van der Waals surface area contributed by atoms with Crippen LogP contribution in [-0.4, -0.2) is 142 Å². The van der Waals surface area contributed by atoms with E-state index in [-0.39, 0.29) is 13.0 Å². The van der Waals surface area contributed by atoms with Gasteiger partial charge < -0.3 is 64.2 Å². The molecule has 64 heavy (non-hydrogen) atoms. The smallest absolute Gasteiger partial charge is 0.331 e. The quantitative estimate of drug-likeness (QED) is 0.0154. The number of rotatable bonds is 38. The predicted octanol–water partition coefficient (Wildman–Crippen LogP) is 6.38. The van der Waals surface area contributed by atoms with Crippen molar-refractivity contribution in [1.29, 1.82) is 0 Å². The summed E-state index contributed by atoms with van der Waals surface area (Å²) in [6.45, 7) is 2.48. The van der Waals surface area contributed by atoms with E-state index in [0.717, 1.165) is 38.5 Å². The molecule has 0 aromatic rings. The number of carbonyl (C=O) groups is 2. The summed E-state index contributed by atoms with van der Waals surface area (Å²) < 4.78 is 33.3. The number of aliphatic hydroxyl groups excluding tert-OH is 7. The standard InChI is InChI=1S/C49H88O15/c1-3-5-7-9-11-13-15-17-18-20-22-24-26-28-30-32-41(52)62-37(34-59-40(51)31-29-27-25-23-21-19-16-14-12-10-8-6-4-2)35-60-48-47(58)45(56)43(54)39(64-48)36-61-49-46(57)44(55)42(53)38(33-50)63-49/h26,28,30,32,37-39,42-50,53-58H,3-25,27,29,31,33-36H2,1-2H3/b28-26+,32-30+/t37-,38-,39-,42+,43+,44?,45?,46?,47?,48-,49-/m1/s1. The summed E-state index contributed by atoms with van der Waals surface area (Å²) in [6.07, 6.45) is 19.9. The summed E-state index contributed by atoms with van der Waals surface area (Å²) in [7, 11) is 0. The van der Waals surface area contributed by atoms with Crippen molar-refractivity contribution in [2.24, 2.45) is 0 Å². The average Bonchev–Trinajstić information content (AvgIpc) is 3.29. The molecule has 15 nitrogen and oxygen atoms in total. The van der Waals surface area contributed by atoms with Crippen LogP contribution in [0.4, 0.5) is 0 Å². The molecule has 2 saturated heterocycles. The van der Waals surface area contributed by atoms with E-state index in [1.165, 1.54) is 122 Å². The summed E-state index contributed by atoms with van der Waals surface area (Å²) in [6, 6.07) is 0. The number of ether oxygens (including phenoxy) is 6. The molecule has 0 radical (unpaired) electrons. The van der Waals surface area contributed by atoms with Gasteiger partial charge in [0.2, 0.25) is 0 Å². The maximum absolute atomic E-state index is 12.9. The highest BCUT2D eigenvalue weighted by Crippen LogP contribution is 2.26. The monoisotopic (exact) mass is 917 g/mol. The Balaban J connectivity index is 1.86. The minimum atomic E-state index is -1.78. The fourth-order valence-corrected chi connectivity index (χ4v) is 7.89. The largest absolute Gasteiger partial charge is 0.462 e. The van der Waals surface area contributed by atoms with Gasteiger partial charge in [-0.25, -0.2) is 4.79 Å². The lowest BCUT2D eigenvalue weighted by molar-refractivity contribution is -0.332. The Bertz CT molecular complexity index is 1220. The molecule has 2 heterocycles. The van der Waals surface area contributed by atoms with Crippen LogP contribution >= 0.6 is 0 Å². The van der Waals surface area contributed by atoms with E-state index in [1.807, 2.05) is 6.08 Å². The van der Waals surface area contributed by atoms with Gasteiger partial charge in [-0.2, -0.15) is 0 Å². The molecule has 0 amide bonds. The van der Waals surface area contributed by atoms with E-state index in [2.05, 4.69) is 13.8 Å². The zero-order chi connectivity index (χ0) is 46.8. The molecule has 2 aliphatic heterocycles. The molecule has 11 atom stereocenters. The summed E-state index contributed by atoms with van der Waals surface area (Å²) >= 11 is 0. The number of esters is 2. The van der Waals surface area contributed by atoms with Crippen molar-refractivity contribution in [3.8, 4) is 0 Å². The van der Waals surface area contributed by atoms with Crippen LogP contribution in [0.5, 0.6) is 0 Å². The van der Waals surface area contributed by atoms with Gasteiger partial charge in [-0.15, -0.1) is 0 Å². The van der Waals surface area contributed by atoms with Gasteiger partial charge in [-0.3, -0.25) is 4.79 Å². The van der Waals surface area contributed by atoms with Crippen LogP contribution in [0.1, 0.15) is 181 Å². The van der Waals surface area contributed by atoms with Crippen molar-refractivity contribution >= 4 is 11.9 Å². The molecular formula is C49H88O15. The van der Waals surface area contributed by atoms with E-state index >= 15 is 0 Å². The van der Waals surface area contributed by atoms with Gasteiger partial charge in [-0.05, 0) is 19.3 Å². The van der Waals surface area contributed by atoms with Gasteiger partial charge in [0, 0.05) is 12.5 Å². The van der Waals surface area contributed by atoms with Crippen molar-refractivity contribution in [2.75, 3.05) is 26.4 Å². The number of carbonyl (C=O) groups excluding carboxylic acids is 2. The van der Waals surface area contributed by atoms with Crippen molar-refractivity contribution in [3.63, 3.8) is 0 Å². The second kappa shape index (κ2) is 37.0. The Morgan fingerprint density at radius 3 is 1.50 bits per heavy atom. The van der Waals surface area contributed by atoms with Gasteiger partial charge in [0.15, 0.2) is 18.7 Å². The topological polar surface area (TPSA) is 231 Å². The van der Waals surface area contributed by atoms with Gasteiger partial charge >= 0.3 is 11.9 Å². The Hall–Kier alpha value is -2.02. The van der Waals surface area contributed by atoms with Crippen LogP contribution in [0.2, 0.25) is 0 Å². The van der Waals surface area contributed by atoms with E-state index in [1.54, 1.807) is 12.2 Å². The van der Waals surface area contributed by atoms with Crippen LogP contribution in [-0.2, 0) is 38.0 Å². The van der Waals surface area contributed by atoms with Crippen molar-refractivity contribution in [3.05, 3.63) is 24.3 Å².